The van der Waals surface area contributed by atoms with Crippen molar-refractivity contribution in [2.24, 2.45) is 0 Å². The van der Waals surface area contributed by atoms with E-state index < -0.39 is 0 Å². The Morgan fingerprint density at radius 2 is 1.69 bits per heavy atom. The van der Waals surface area contributed by atoms with Crippen molar-refractivity contribution in [3.8, 4) is 0 Å². The third kappa shape index (κ3) is 5.37. The lowest BCUT2D eigenvalue weighted by Gasteiger charge is -2.24. The summed E-state index contributed by atoms with van der Waals surface area (Å²) in [4.78, 5) is 27.9. The van der Waals surface area contributed by atoms with E-state index in [-0.39, 0.29) is 18.2 Å². The molecule has 0 aliphatic rings. The van der Waals surface area contributed by atoms with Crippen LogP contribution in [-0.4, -0.2) is 31.4 Å². The van der Waals surface area contributed by atoms with Gasteiger partial charge in [0.05, 0.1) is 12.8 Å². The van der Waals surface area contributed by atoms with Crippen LogP contribution in [0.4, 0.5) is 11.4 Å². The van der Waals surface area contributed by atoms with Crippen molar-refractivity contribution >= 4 is 23.2 Å². The Labute approximate surface area is 154 Å². The lowest BCUT2D eigenvalue weighted by Crippen LogP contribution is -2.33. The summed E-state index contributed by atoms with van der Waals surface area (Å²) in [6.07, 6.45) is 1.80. The fraction of sp³-hybridized carbons (Fsp3) is 0.400. The number of nitrogens with zero attached hydrogens (tertiary/aromatic N) is 2. The molecule has 0 atom stereocenters. The van der Waals surface area contributed by atoms with Gasteiger partial charge in [0.15, 0.2) is 0 Å². The van der Waals surface area contributed by atoms with Crippen LogP contribution in [0.5, 0.6) is 0 Å². The van der Waals surface area contributed by atoms with E-state index in [1.807, 2.05) is 24.3 Å². The predicted octanol–water partition coefficient (Wildman–Crippen LogP) is 3.19. The molecule has 1 N–H and O–H groups in total. The van der Waals surface area contributed by atoms with E-state index in [4.69, 9.17) is 4.42 Å². The number of carbonyl (C=O) groups is 2. The number of nitrogens with one attached hydrogen (secondary N) is 1. The molecule has 140 valence electrons. The van der Waals surface area contributed by atoms with E-state index in [1.54, 1.807) is 23.3 Å². The third-order valence-corrected chi connectivity index (χ3v) is 4.27. The van der Waals surface area contributed by atoms with Gasteiger partial charge in [0.25, 0.3) is 0 Å². The van der Waals surface area contributed by atoms with E-state index in [0.29, 0.717) is 18.8 Å². The van der Waals surface area contributed by atoms with Crippen molar-refractivity contribution in [2.75, 3.05) is 29.4 Å². The van der Waals surface area contributed by atoms with Gasteiger partial charge in [0.2, 0.25) is 11.8 Å². The van der Waals surface area contributed by atoms with Gasteiger partial charge in [-0.1, -0.05) is 0 Å². The Bertz CT molecular complexity index is 692. The van der Waals surface area contributed by atoms with Crippen molar-refractivity contribution < 1.29 is 14.0 Å². The number of anilines is 2. The van der Waals surface area contributed by atoms with Crippen LogP contribution in [0.15, 0.2) is 47.1 Å². The molecular formula is C20H27N3O3. The average Bonchev–Trinajstić information content (AvgIpc) is 3.15. The first-order chi connectivity index (χ1) is 12.5. The molecule has 1 aromatic heterocycles. The SMILES string of the molecule is CCN(CC)c1ccc(N(CCC(=O)NCc2ccco2)C(C)=O)cc1. The number of furan rings is 1. The van der Waals surface area contributed by atoms with Gasteiger partial charge < -0.3 is 19.5 Å². The van der Waals surface area contributed by atoms with E-state index in [9.17, 15) is 9.59 Å². The highest BCUT2D eigenvalue weighted by molar-refractivity contribution is 5.92. The maximum atomic E-state index is 12.0. The normalized spacial score (nSPS) is 10.4. The molecule has 0 saturated carbocycles. The summed E-state index contributed by atoms with van der Waals surface area (Å²) in [6.45, 7) is 8.29. The second-order valence-corrected chi connectivity index (χ2v) is 5.97. The van der Waals surface area contributed by atoms with Gasteiger partial charge in [-0.15, -0.1) is 0 Å². The second-order valence-electron chi connectivity index (χ2n) is 5.97. The number of hydrogen-bond acceptors (Lipinski definition) is 4. The summed E-state index contributed by atoms with van der Waals surface area (Å²) < 4.78 is 5.18. The average molecular weight is 357 g/mol. The Morgan fingerprint density at radius 3 is 2.23 bits per heavy atom. The minimum absolute atomic E-state index is 0.0839. The molecule has 0 spiro atoms. The van der Waals surface area contributed by atoms with Crippen LogP contribution in [-0.2, 0) is 16.1 Å². The van der Waals surface area contributed by atoms with Crippen molar-refractivity contribution in [1.29, 1.82) is 0 Å². The molecule has 0 unspecified atom stereocenters. The number of hydrogen-bond donors (Lipinski definition) is 1. The fourth-order valence-corrected chi connectivity index (χ4v) is 2.80. The summed E-state index contributed by atoms with van der Waals surface area (Å²) in [5, 5.41) is 2.79. The van der Waals surface area contributed by atoms with E-state index in [1.165, 1.54) is 6.92 Å². The van der Waals surface area contributed by atoms with Crippen LogP contribution in [0.3, 0.4) is 0 Å². The van der Waals surface area contributed by atoms with Gasteiger partial charge in [0.1, 0.15) is 5.76 Å². The lowest BCUT2D eigenvalue weighted by molar-refractivity contribution is -0.121. The molecule has 0 fully saturated rings. The number of benzene rings is 1. The first-order valence-electron chi connectivity index (χ1n) is 8.97. The molecule has 0 saturated heterocycles. The Hall–Kier alpha value is -2.76. The van der Waals surface area contributed by atoms with Gasteiger partial charge in [0, 0.05) is 44.4 Å². The van der Waals surface area contributed by atoms with Crippen LogP contribution in [0, 0.1) is 0 Å². The molecule has 0 bridgehead atoms. The lowest BCUT2D eigenvalue weighted by atomic mass is 10.2. The molecule has 2 aromatic rings. The van der Waals surface area contributed by atoms with Crippen molar-refractivity contribution in [3.05, 3.63) is 48.4 Å². The highest BCUT2D eigenvalue weighted by atomic mass is 16.3. The van der Waals surface area contributed by atoms with Crippen LogP contribution in [0.1, 0.15) is 33.0 Å². The quantitative estimate of drug-likeness (QED) is 0.748. The molecule has 6 heteroatoms. The Balaban J connectivity index is 1.93. The van der Waals surface area contributed by atoms with Crippen LogP contribution < -0.4 is 15.1 Å². The number of carbonyl (C=O) groups excluding carboxylic acids is 2. The number of rotatable bonds is 9. The summed E-state index contributed by atoms with van der Waals surface area (Å²) in [7, 11) is 0. The fourth-order valence-electron chi connectivity index (χ4n) is 2.80. The van der Waals surface area contributed by atoms with E-state index in [0.717, 1.165) is 24.5 Å². The molecule has 1 heterocycles. The first kappa shape index (κ1) is 19.6. The van der Waals surface area contributed by atoms with Crippen molar-refractivity contribution in [2.45, 2.75) is 33.7 Å². The van der Waals surface area contributed by atoms with E-state index >= 15 is 0 Å². The Morgan fingerprint density at radius 1 is 1.04 bits per heavy atom. The first-order valence-corrected chi connectivity index (χ1v) is 8.97. The molecule has 2 amide bonds. The Kier molecular flexibility index (Phi) is 7.26. The molecule has 0 aliphatic heterocycles. The maximum absolute atomic E-state index is 12.0. The third-order valence-electron chi connectivity index (χ3n) is 4.27. The highest BCUT2D eigenvalue weighted by Gasteiger charge is 2.14. The molecule has 0 aliphatic carbocycles. The summed E-state index contributed by atoms with van der Waals surface area (Å²) in [5.74, 6) is 0.501. The second kappa shape index (κ2) is 9.65. The van der Waals surface area contributed by atoms with Crippen LogP contribution >= 0.6 is 0 Å². The van der Waals surface area contributed by atoms with Crippen molar-refractivity contribution in [3.63, 3.8) is 0 Å². The predicted molar refractivity (Wildman–Crippen MR) is 103 cm³/mol. The van der Waals surface area contributed by atoms with Gasteiger partial charge in [-0.25, -0.2) is 0 Å². The van der Waals surface area contributed by atoms with Gasteiger partial charge in [-0.2, -0.15) is 0 Å². The van der Waals surface area contributed by atoms with Gasteiger partial charge >= 0.3 is 0 Å². The zero-order valence-corrected chi connectivity index (χ0v) is 15.7. The minimum atomic E-state index is -0.118. The molecular weight excluding hydrogens is 330 g/mol. The number of amides is 2. The van der Waals surface area contributed by atoms with Gasteiger partial charge in [-0.05, 0) is 50.2 Å². The van der Waals surface area contributed by atoms with Crippen molar-refractivity contribution in [1.82, 2.24) is 5.32 Å². The van der Waals surface area contributed by atoms with Gasteiger partial charge in [-0.3, -0.25) is 9.59 Å². The molecule has 26 heavy (non-hydrogen) atoms. The standard InChI is InChI=1S/C20H27N3O3/c1-4-22(5-2)17-8-10-18(11-9-17)23(16(3)24)13-12-20(25)21-15-19-7-6-14-26-19/h6-11,14H,4-5,12-13,15H2,1-3H3,(H,21,25). The molecule has 6 nitrogen and oxygen atoms in total. The zero-order valence-electron chi connectivity index (χ0n) is 15.7. The topological polar surface area (TPSA) is 65.8 Å². The van der Waals surface area contributed by atoms with Crippen LogP contribution in [0.2, 0.25) is 0 Å². The molecule has 2 rings (SSSR count). The monoisotopic (exact) mass is 357 g/mol. The summed E-state index contributed by atoms with van der Waals surface area (Å²) >= 11 is 0. The summed E-state index contributed by atoms with van der Waals surface area (Å²) in [6, 6.07) is 11.5. The zero-order chi connectivity index (χ0) is 18.9. The van der Waals surface area contributed by atoms with E-state index in [2.05, 4.69) is 24.1 Å². The molecule has 1 aromatic carbocycles. The maximum Gasteiger partial charge on any atom is 0.223 e. The summed E-state index contributed by atoms with van der Waals surface area (Å²) in [5.41, 5.74) is 1.92. The smallest absolute Gasteiger partial charge is 0.223 e. The highest BCUT2D eigenvalue weighted by Crippen LogP contribution is 2.21. The van der Waals surface area contributed by atoms with Crippen LogP contribution in [0.25, 0.3) is 0 Å². The molecule has 0 radical (unpaired) electrons. The largest absolute Gasteiger partial charge is 0.467 e. The minimum Gasteiger partial charge on any atom is -0.467 e.